The number of dihydropyridines is 1. The van der Waals surface area contributed by atoms with E-state index in [0.717, 1.165) is 104 Å². The molecule has 0 atom stereocenters. The van der Waals surface area contributed by atoms with Crippen LogP contribution in [0, 0.1) is 19.8 Å². The van der Waals surface area contributed by atoms with Crippen molar-refractivity contribution in [3.63, 3.8) is 0 Å². The molecule has 0 bridgehead atoms. The second-order valence-corrected chi connectivity index (χ2v) is 18.0. The zero-order valence-corrected chi connectivity index (χ0v) is 36.9. The maximum Gasteiger partial charge on any atom is 0.328 e. The van der Waals surface area contributed by atoms with Gasteiger partial charge >= 0.3 is 6.03 Å². The van der Waals surface area contributed by atoms with E-state index in [1.165, 1.54) is 5.69 Å². The van der Waals surface area contributed by atoms with Gasteiger partial charge in [-0.2, -0.15) is 4.98 Å². The molecule has 330 valence electrons. The number of hydrogen-bond donors (Lipinski definition) is 4. The first kappa shape index (κ1) is 43.1. The van der Waals surface area contributed by atoms with E-state index in [0.29, 0.717) is 55.0 Å². The summed E-state index contributed by atoms with van der Waals surface area (Å²) in [5.41, 5.74) is 22.6. The van der Waals surface area contributed by atoms with Crippen LogP contribution >= 0.6 is 0 Å². The lowest BCUT2D eigenvalue weighted by Gasteiger charge is -2.40. The van der Waals surface area contributed by atoms with Crippen molar-refractivity contribution in [2.45, 2.75) is 65.8 Å². The third kappa shape index (κ3) is 9.75. The van der Waals surface area contributed by atoms with Gasteiger partial charge in [0.05, 0.1) is 24.1 Å². The Kier molecular flexibility index (Phi) is 12.3. The van der Waals surface area contributed by atoms with Crippen LogP contribution in [-0.2, 0) is 16.8 Å². The fraction of sp³-hybridized carbons (Fsp3) is 0.426. The van der Waals surface area contributed by atoms with Gasteiger partial charge < -0.3 is 31.1 Å². The van der Waals surface area contributed by atoms with Gasteiger partial charge in [0.25, 0.3) is 11.7 Å². The lowest BCUT2D eigenvalue weighted by molar-refractivity contribution is -0.120. The van der Waals surface area contributed by atoms with E-state index in [1.807, 2.05) is 71.2 Å². The normalized spacial score (nSPS) is 18.8. The molecule has 16 heteroatoms. The number of amides is 4. The number of nitrogens with two attached hydrogens (primary N) is 2. The Balaban J connectivity index is 0.816. The molecule has 16 nitrogen and oxygen atoms in total. The molecule has 8 rings (SSSR count). The standard InChI is InChI=1S/C47H58N12O4/c1-29-22-32(6-7-33(29)25-52-44(61)43-54-45(63-55-43)47(3,4)5)41(48)37-24-34(26-51-42(37)49)38-10-8-36(27-50-38)58-20-18-56(19-21-58)28-31-12-15-57(16-13-31)35-9-11-39(30(2)23-35)59-17-14-40(60)53-46(59)62/h6-11,22-24,27,31H,12-21,25-26,28,48H2,1-5H3,(H2,49,51)(H,52,61)(H,53,60,62). The first-order valence-electron chi connectivity index (χ1n) is 21.8. The average molecular weight is 855 g/mol. The van der Waals surface area contributed by atoms with Crippen molar-refractivity contribution in [1.82, 2.24) is 30.7 Å². The fourth-order valence-corrected chi connectivity index (χ4v) is 8.64. The predicted octanol–water partition coefficient (Wildman–Crippen LogP) is 4.92. The Morgan fingerprint density at radius 3 is 2.33 bits per heavy atom. The van der Waals surface area contributed by atoms with Crippen LogP contribution in [0.1, 0.15) is 84.5 Å². The summed E-state index contributed by atoms with van der Waals surface area (Å²) in [4.78, 5) is 59.6. The van der Waals surface area contributed by atoms with Gasteiger partial charge in [-0.1, -0.05) is 38.1 Å². The Hall–Kier alpha value is -6.55. The van der Waals surface area contributed by atoms with E-state index >= 15 is 0 Å². The second-order valence-electron chi connectivity index (χ2n) is 18.0. The zero-order chi connectivity index (χ0) is 44.4. The largest absolute Gasteiger partial charge is 0.398 e. The number of aliphatic imine (C=N–C) groups is 1. The number of urea groups is 1. The number of aryl methyl sites for hydroxylation is 2. The minimum Gasteiger partial charge on any atom is -0.398 e. The molecule has 2 aromatic carbocycles. The van der Waals surface area contributed by atoms with Crippen LogP contribution in [0.4, 0.5) is 21.9 Å². The highest BCUT2D eigenvalue weighted by Gasteiger charge is 2.28. The van der Waals surface area contributed by atoms with Gasteiger partial charge in [0, 0.05) is 99.0 Å². The van der Waals surface area contributed by atoms with Crippen LogP contribution in [0.5, 0.6) is 0 Å². The number of pyridine rings is 1. The number of carbonyl (C=O) groups excluding carboxylic acids is 3. The summed E-state index contributed by atoms with van der Waals surface area (Å²) < 4.78 is 5.27. The summed E-state index contributed by atoms with van der Waals surface area (Å²) in [5.74, 6) is 0.825. The summed E-state index contributed by atoms with van der Waals surface area (Å²) in [6, 6.07) is 16.0. The summed E-state index contributed by atoms with van der Waals surface area (Å²) in [7, 11) is 0. The van der Waals surface area contributed by atoms with Crippen molar-refractivity contribution < 1.29 is 18.9 Å². The third-order valence-corrected chi connectivity index (χ3v) is 12.5. The van der Waals surface area contributed by atoms with Crippen molar-refractivity contribution in [2.75, 3.05) is 73.6 Å². The molecule has 4 aliphatic heterocycles. The molecule has 6 N–H and O–H groups in total. The number of anilines is 3. The topological polar surface area (TPSA) is 204 Å². The average Bonchev–Trinajstić information content (AvgIpc) is 3.79. The van der Waals surface area contributed by atoms with E-state index in [-0.39, 0.29) is 23.2 Å². The maximum atomic E-state index is 12.7. The highest BCUT2D eigenvalue weighted by Crippen LogP contribution is 2.31. The molecule has 4 aromatic rings. The fourth-order valence-electron chi connectivity index (χ4n) is 8.64. The summed E-state index contributed by atoms with van der Waals surface area (Å²) in [6.45, 7) is 18.0. The number of carbonyl (C=O) groups is 3. The van der Waals surface area contributed by atoms with Crippen molar-refractivity contribution in [3.8, 4) is 0 Å². The van der Waals surface area contributed by atoms with E-state index in [9.17, 15) is 14.4 Å². The van der Waals surface area contributed by atoms with Gasteiger partial charge in [0.2, 0.25) is 11.8 Å². The predicted molar refractivity (Wildman–Crippen MR) is 245 cm³/mol. The quantitative estimate of drug-likeness (QED) is 0.168. The lowest BCUT2D eigenvalue weighted by Crippen LogP contribution is -2.49. The highest BCUT2D eigenvalue weighted by atomic mass is 16.5. The Morgan fingerprint density at radius 2 is 1.67 bits per heavy atom. The molecule has 0 saturated carbocycles. The molecule has 3 saturated heterocycles. The van der Waals surface area contributed by atoms with E-state index in [4.69, 9.17) is 21.0 Å². The van der Waals surface area contributed by atoms with Gasteiger partial charge in [-0.05, 0) is 97.3 Å². The van der Waals surface area contributed by atoms with Crippen LogP contribution in [0.25, 0.3) is 11.3 Å². The van der Waals surface area contributed by atoms with Crippen molar-refractivity contribution in [3.05, 3.63) is 106 Å². The number of imide groups is 1. The number of aromatic nitrogens is 3. The van der Waals surface area contributed by atoms with Gasteiger partial charge in [0.15, 0.2) is 0 Å². The Labute approximate surface area is 368 Å². The molecular weight excluding hydrogens is 797 g/mol. The van der Waals surface area contributed by atoms with Crippen LogP contribution in [0.15, 0.2) is 75.9 Å². The minimum absolute atomic E-state index is 0.00517. The van der Waals surface area contributed by atoms with Gasteiger partial charge in [-0.15, -0.1) is 0 Å². The first-order valence-corrected chi connectivity index (χ1v) is 21.8. The van der Waals surface area contributed by atoms with Gasteiger partial charge in [-0.3, -0.25) is 34.7 Å². The molecule has 0 spiro atoms. The van der Waals surface area contributed by atoms with E-state index in [1.54, 1.807) is 4.90 Å². The van der Waals surface area contributed by atoms with Gasteiger partial charge in [0.1, 0.15) is 5.84 Å². The van der Waals surface area contributed by atoms with Crippen LogP contribution in [0.3, 0.4) is 0 Å². The Bertz CT molecular complexity index is 2470. The first-order chi connectivity index (χ1) is 30.2. The number of rotatable bonds is 10. The highest BCUT2D eigenvalue weighted by molar-refractivity contribution is 6.09. The van der Waals surface area contributed by atoms with Crippen LogP contribution in [0.2, 0.25) is 0 Å². The number of piperidine rings is 1. The molecule has 4 amide bonds. The summed E-state index contributed by atoms with van der Waals surface area (Å²) in [6.07, 6.45) is 6.55. The van der Waals surface area contributed by atoms with Crippen molar-refractivity contribution in [2.24, 2.45) is 22.4 Å². The third-order valence-electron chi connectivity index (χ3n) is 12.5. The summed E-state index contributed by atoms with van der Waals surface area (Å²) in [5, 5.41) is 9.14. The summed E-state index contributed by atoms with van der Waals surface area (Å²) >= 11 is 0. The molecule has 6 heterocycles. The SMILES string of the molecule is Cc1cc(C(N)=C2C=C(c3ccc(N4CCN(CC5CCN(c6ccc(N7CCC(=O)NC7=O)c(C)c6)CC5)CC4)cn3)CN=C2N)ccc1CNC(=O)c1noc(C(C)(C)C)n1. The molecule has 3 fully saturated rings. The van der Waals surface area contributed by atoms with Crippen molar-refractivity contribution >= 4 is 52.0 Å². The molecule has 4 aliphatic rings. The number of hydrogen-bond acceptors (Lipinski definition) is 13. The zero-order valence-electron chi connectivity index (χ0n) is 36.9. The number of piperazine rings is 1. The molecular formula is C47H58N12O4. The molecule has 63 heavy (non-hydrogen) atoms. The molecule has 0 radical (unpaired) electrons. The van der Waals surface area contributed by atoms with Crippen molar-refractivity contribution in [1.29, 1.82) is 0 Å². The molecule has 2 aromatic heterocycles. The van der Waals surface area contributed by atoms with Crippen LogP contribution < -0.4 is 36.8 Å². The molecule has 0 unspecified atom stereocenters. The van der Waals surface area contributed by atoms with Gasteiger partial charge in [-0.25, -0.2) is 4.79 Å². The maximum absolute atomic E-state index is 12.7. The van der Waals surface area contributed by atoms with Crippen LogP contribution in [-0.4, -0.2) is 103 Å². The number of nitrogens with one attached hydrogen (secondary N) is 2. The molecule has 0 aliphatic carbocycles. The number of nitrogens with zero attached hydrogens (tertiary/aromatic N) is 8. The smallest absolute Gasteiger partial charge is 0.328 e. The number of benzene rings is 2. The monoisotopic (exact) mass is 854 g/mol. The van der Waals surface area contributed by atoms with E-state index < -0.39 is 5.91 Å². The minimum atomic E-state index is -0.405. The van der Waals surface area contributed by atoms with E-state index in [2.05, 4.69) is 64.7 Å². The second kappa shape index (κ2) is 18.0. The Morgan fingerprint density at radius 1 is 0.921 bits per heavy atom. The number of amidine groups is 1. The lowest BCUT2D eigenvalue weighted by atomic mass is 9.95.